The molecule has 0 bridgehead atoms. The SMILES string of the molecule is CC1(C)CCCN(C(=O)c2ccc(Cl)c(N)c2)C1C(=O)O. The Kier molecular flexibility index (Phi) is 4.14. The molecule has 1 aliphatic rings. The first-order valence-electron chi connectivity index (χ1n) is 6.83. The lowest BCUT2D eigenvalue weighted by atomic mass is 9.76. The van der Waals surface area contributed by atoms with Crippen LogP contribution in [-0.4, -0.2) is 34.5 Å². The van der Waals surface area contributed by atoms with Gasteiger partial charge in [-0.3, -0.25) is 4.79 Å². The molecule has 1 aliphatic heterocycles. The number of amides is 1. The van der Waals surface area contributed by atoms with Crippen molar-refractivity contribution in [1.29, 1.82) is 0 Å². The maximum atomic E-state index is 12.6. The second kappa shape index (κ2) is 5.56. The minimum absolute atomic E-state index is 0.311. The Balaban J connectivity index is 2.35. The highest BCUT2D eigenvalue weighted by Gasteiger charge is 2.44. The number of piperidine rings is 1. The highest BCUT2D eigenvalue weighted by molar-refractivity contribution is 6.33. The van der Waals surface area contributed by atoms with Crippen LogP contribution in [0.5, 0.6) is 0 Å². The predicted octanol–water partition coefficient (Wildman–Crippen LogP) is 2.64. The summed E-state index contributed by atoms with van der Waals surface area (Å²) in [4.78, 5) is 25.7. The van der Waals surface area contributed by atoms with Gasteiger partial charge in [0.1, 0.15) is 6.04 Å². The molecule has 1 fully saturated rings. The maximum absolute atomic E-state index is 12.6. The van der Waals surface area contributed by atoms with Gasteiger partial charge in [0.05, 0.1) is 10.7 Å². The van der Waals surface area contributed by atoms with E-state index in [2.05, 4.69) is 0 Å². The molecule has 21 heavy (non-hydrogen) atoms. The molecule has 0 aromatic heterocycles. The van der Waals surface area contributed by atoms with Gasteiger partial charge in [0.2, 0.25) is 0 Å². The highest BCUT2D eigenvalue weighted by atomic mass is 35.5. The quantitative estimate of drug-likeness (QED) is 0.823. The molecule has 0 saturated carbocycles. The lowest BCUT2D eigenvalue weighted by Crippen LogP contribution is -2.56. The molecule has 0 aliphatic carbocycles. The molecule has 6 heteroatoms. The second-order valence-electron chi connectivity index (χ2n) is 6.07. The first-order valence-corrected chi connectivity index (χ1v) is 7.20. The predicted molar refractivity (Wildman–Crippen MR) is 81.3 cm³/mol. The van der Waals surface area contributed by atoms with Crippen molar-refractivity contribution in [2.45, 2.75) is 32.7 Å². The zero-order valence-electron chi connectivity index (χ0n) is 12.1. The largest absolute Gasteiger partial charge is 0.480 e. The van der Waals surface area contributed by atoms with Crippen LogP contribution in [0.3, 0.4) is 0 Å². The normalized spacial score (nSPS) is 21.1. The third kappa shape index (κ3) is 2.97. The van der Waals surface area contributed by atoms with Gasteiger partial charge in [-0.25, -0.2) is 4.79 Å². The van der Waals surface area contributed by atoms with Crippen molar-refractivity contribution in [3.05, 3.63) is 28.8 Å². The summed E-state index contributed by atoms with van der Waals surface area (Å²) in [6, 6.07) is 3.78. The van der Waals surface area contributed by atoms with Crippen LogP contribution in [0.25, 0.3) is 0 Å². The molecule has 1 amide bonds. The number of halogens is 1. The zero-order chi connectivity index (χ0) is 15.8. The summed E-state index contributed by atoms with van der Waals surface area (Å²) in [5, 5.41) is 9.87. The van der Waals surface area contributed by atoms with Crippen LogP contribution in [0, 0.1) is 5.41 Å². The van der Waals surface area contributed by atoms with Crippen molar-refractivity contribution >= 4 is 29.2 Å². The van der Waals surface area contributed by atoms with Gasteiger partial charge in [0.25, 0.3) is 5.91 Å². The van der Waals surface area contributed by atoms with Crippen molar-refractivity contribution in [1.82, 2.24) is 4.90 Å². The number of anilines is 1. The molecular weight excluding hydrogens is 292 g/mol. The third-order valence-corrected chi connectivity index (χ3v) is 4.35. The fourth-order valence-corrected chi connectivity index (χ4v) is 3.04. The molecule has 1 saturated heterocycles. The Morgan fingerprint density at radius 3 is 2.67 bits per heavy atom. The van der Waals surface area contributed by atoms with Crippen LogP contribution in [0.15, 0.2) is 18.2 Å². The average molecular weight is 311 g/mol. The fraction of sp³-hybridized carbons (Fsp3) is 0.467. The van der Waals surface area contributed by atoms with E-state index >= 15 is 0 Å². The molecule has 3 N–H and O–H groups in total. The number of rotatable bonds is 2. The first kappa shape index (κ1) is 15.6. The smallest absolute Gasteiger partial charge is 0.326 e. The zero-order valence-corrected chi connectivity index (χ0v) is 12.9. The number of carboxylic acid groups (broad SMARTS) is 1. The number of carboxylic acids is 1. The van der Waals surface area contributed by atoms with Crippen LogP contribution in [-0.2, 0) is 4.79 Å². The summed E-state index contributed by atoms with van der Waals surface area (Å²) in [6.45, 7) is 4.19. The number of nitrogens with zero attached hydrogens (tertiary/aromatic N) is 1. The first-order chi connectivity index (χ1) is 9.74. The Hall–Kier alpha value is -1.75. The Labute approximate surface area is 128 Å². The summed E-state index contributed by atoms with van der Waals surface area (Å²) < 4.78 is 0. The fourth-order valence-electron chi connectivity index (χ4n) is 2.92. The number of carbonyl (C=O) groups is 2. The van der Waals surface area contributed by atoms with Gasteiger partial charge in [-0.2, -0.15) is 0 Å². The molecular formula is C15H19ClN2O3. The van der Waals surface area contributed by atoms with E-state index in [0.29, 0.717) is 22.8 Å². The Morgan fingerprint density at radius 1 is 1.43 bits per heavy atom. The second-order valence-corrected chi connectivity index (χ2v) is 6.47. The van der Waals surface area contributed by atoms with Gasteiger partial charge in [0, 0.05) is 12.1 Å². The number of nitrogen functional groups attached to an aromatic ring is 1. The van der Waals surface area contributed by atoms with Gasteiger partial charge in [0.15, 0.2) is 0 Å². The number of aliphatic carboxylic acids is 1. The lowest BCUT2D eigenvalue weighted by Gasteiger charge is -2.44. The topological polar surface area (TPSA) is 83.6 Å². The third-order valence-electron chi connectivity index (χ3n) is 4.01. The van der Waals surface area contributed by atoms with E-state index in [0.717, 1.165) is 12.8 Å². The molecule has 114 valence electrons. The van der Waals surface area contributed by atoms with E-state index in [1.54, 1.807) is 12.1 Å². The Bertz CT molecular complexity index is 586. The van der Waals surface area contributed by atoms with Crippen molar-refractivity contribution < 1.29 is 14.7 Å². The number of carbonyl (C=O) groups excluding carboxylic acids is 1. The van der Waals surface area contributed by atoms with Crippen molar-refractivity contribution in [3.8, 4) is 0 Å². The molecule has 1 atom stereocenters. The summed E-state index contributed by atoms with van der Waals surface area (Å²) in [7, 11) is 0. The van der Waals surface area contributed by atoms with Crippen LogP contribution in [0.1, 0.15) is 37.0 Å². The standard InChI is InChI=1S/C15H19ClN2O3/c1-15(2)6-3-7-18(12(15)14(20)21)13(19)9-4-5-10(16)11(17)8-9/h4-5,8,12H,3,6-7,17H2,1-2H3,(H,20,21). The molecule has 1 heterocycles. The summed E-state index contributed by atoms with van der Waals surface area (Å²) >= 11 is 5.85. The van der Waals surface area contributed by atoms with Gasteiger partial charge in [-0.1, -0.05) is 25.4 Å². The van der Waals surface area contributed by atoms with E-state index < -0.39 is 17.4 Å². The van der Waals surface area contributed by atoms with Crippen molar-refractivity contribution in [3.63, 3.8) is 0 Å². The van der Waals surface area contributed by atoms with Gasteiger partial charge in [-0.15, -0.1) is 0 Å². The van der Waals surface area contributed by atoms with Gasteiger partial charge in [-0.05, 0) is 36.5 Å². The lowest BCUT2D eigenvalue weighted by molar-refractivity contribution is -0.148. The molecule has 2 rings (SSSR count). The minimum atomic E-state index is -0.977. The number of benzene rings is 1. The van der Waals surface area contributed by atoms with E-state index in [4.69, 9.17) is 17.3 Å². The molecule has 5 nitrogen and oxygen atoms in total. The summed E-state index contributed by atoms with van der Waals surface area (Å²) in [5.41, 5.74) is 5.93. The van der Waals surface area contributed by atoms with Crippen molar-refractivity contribution in [2.24, 2.45) is 5.41 Å². The molecule has 1 unspecified atom stereocenters. The van der Waals surface area contributed by atoms with Crippen LogP contribution >= 0.6 is 11.6 Å². The van der Waals surface area contributed by atoms with Gasteiger partial charge < -0.3 is 15.7 Å². The van der Waals surface area contributed by atoms with E-state index in [9.17, 15) is 14.7 Å². The molecule has 0 radical (unpaired) electrons. The average Bonchev–Trinajstić information content (AvgIpc) is 2.39. The number of hydrogen-bond donors (Lipinski definition) is 2. The summed E-state index contributed by atoms with van der Waals surface area (Å²) in [6.07, 6.45) is 1.56. The maximum Gasteiger partial charge on any atom is 0.326 e. The molecule has 0 spiro atoms. The van der Waals surface area contributed by atoms with Crippen molar-refractivity contribution in [2.75, 3.05) is 12.3 Å². The van der Waals surface area contributed by atoms with Gasteiger partial charge >= 0.3 is 5.97 Å². The number of nitrogens with two attached hydrogens (primary N) is 1. The molecule has 1 aromatic rings. The van der Waals surface area contributed by atoms with Crippen LogP contribution in [0.2, 0.25) is 5.02 Å². The minimum Gasteiger partial charge on any atom is -0.480 e. The monoisotopic (exact) mass is 310 g/mol. The highest BCUT2D eigenvalue weighted by Crippen LogP contribution is 2.36. The van der Waals surface area contributed by atoms with Crippen LogP contribution in [0.4, 0.5) is 5.69 Å². The number of hydrogen-bond acceptors (Lipinski definition) is 3. The van der Waals surface area contributed by atoms with E-state index in [1.807, 2.05) is 13.8 Å². The number of likely N-dealkylation sites (tertiary alicyclic amines) is 1. The molecule has 1 aromatic carbocycles. The summed E-state index contributed by atoms with van der Waals surface area (Å²) in [5.74, 6) is -1.30. The van der Waals surface area contributed by atoms with E-state index in [1.165, 1.54) is 11.0 Å². The van der Waals surface area contributed by atoms with Crippen LogP contribution < -0.4 is 5.73 Å². The van der Waals surface area contributed by atoms with E-state index in [-0.39, 0.29) is 5.91 Å². The Morgan fingerprint density at radius 2 is 2.10 bits per heavy atom.